The Balaban J connectivity index is 2.06. The summed E-state index contributed by atoms with van der Waals surface area (Å²) in [7, 11) is 0. The minimum absolute atomic E-state index is 0.0827. The molecule has 0 radical (unpaired) electrons. The van der Waals surface area contributed by atoms with E-state index in [1.165, 1.54) is 12.8 Å². The van der Waals surface area contributed by atoms with Crippen molar-refractivity contribution in [3.8, 4) is 0 Å². The van der Waals surface area contributed by atoms with Crippen LogP contribution in [0.25, 0.3) is 0 Å². The zero-order valence-electron chi connectivity index (χ0n) is 8.30. The zero-order chi connectivity index (χ0) is 10.8. The molecule has 1 aliphatic carbocycles. The molecule has 1 nitrogen and oxygen atoms in total. The molecule has 0 unspecified atom stereocenters. The fourth-order valence-electron chi connectivity index (χ4n) is 1.60. The van der Waals surface area contributed by atoms with E-state index in [4.69, 9.17) is 0 Å². The van der Waals surface area contributed by atoms with Crippen LogP contribution in [0.4, 0.5) is 4.39 Å². The highest BCUT2D eigenvalue weighted by molar-refractivity contribution is 9.10. The molecule has 0 aromatic heterocycles. The third-order valence-corrected chi connectivity index (χ3v) is 3.34. The minimum atomic E-state index is -0.432. The van der Waals surface area contributed by atoms with E-state index in [0.29, 0.717) is 16.8 Å². The van der Waals surface area contributed by atoms with Gasteiger partial charge in [-0.25, -0.2) is 4.39 Å². The molecule has 3 heteroatoms. The number of carbonyl (C=O) groups is 1. The first-order valence-electron chi connectivity index (χ1n) is 5.15. The van der Waals surface area contributed by atoms with E-state index in [0.717, 1.165) is 6.42 Å². The number of Topliss-reactive ketones (excluding diaryl/α,β-unsaturated/α-hetero) is 1. The number of ketones is 1. The number of hydrogen-bond donors (Lipinski definition) is 0. The summed E-state index contributed by atoms with van der Waals surface area (Å²) in [5.74, 6) is 0.197. The Labute approximate surface area is 96.8 Å². The maximum atomic E-state index is 13.5. The van der Waals surface area contributed by atoms with Crippen LogP contribution < -0.4 is 0 Å². The van der Waals surface area contributed by atoms with E-state index in [-0.39, 0.29) is 11.3 Å². The van der Waals surface area contributed by atoms with Crippen molar-refractivity contribution in [1.82, 2.24) is 0 Å². The summed E-state index contributed by atoms with van der Waals surface area (Å²) in [6, 6.07) is 4.85. The highest BCUT2D eigenvalue weighted by Gasteiger charge is 2.23. The number of benzene rings is 1. The van der Waals surface area contributed by atoms with Crippen LogP contribution in [0.2, 0.25) is 0 Å². The quantitative estimate of drug-likeness (QED) is 0.757. The molecule has 0 bridgehead atoms. The van der Waals surface area contributed by atoms with Crippen LogP contribution in [0.5, 0.6) is 0 Å². The van der Waals surface area contributed by atoms with E-state index in [2.05, 4.69) is 15.9 Å². The first kappa shape index (κ1) is 10.8. The van der Waals surface area contributed by atoms with E-state index in [1.807, 2.05) is 0 Å². The van der Waals surface area contributed by atoms with Crippen LogP contribution in [0.1, 0.15) is 36.0 Å². The average Bonchev–Trinajstić information content (AvgIpc) is 3.02. The van der Waals surface area contributed by atoms with E-state index >= 15 is 0 Å². The van der Waals surface area contributed by atoms with Gasteiger partial charge in [-0.2, -0.15) is 0 Å². The fourth-order valence-corrected chi connectivity index (χ4v) is 1.96. The van der Waals surface area contributed by atoms with Crippen molar-refractivity contribution in [2.75, 3.05) is 0 Å². The Morgan fingerprint density at radius 1 is 1.47 bits per heavy atom. The van der Waals surface area contributed by atoms with Gasteiger partial charge in [0.25, 0.3) is 0 Å². The smallest absolute Gasteiger partial charge is 0.165 e. The summed E-state index contributed by atoms with van der Waals surface area (Å²) in [6.07, 6.45) is 3.84. The van der Waals surface area contributed by atoms with Crippen LogP contribution in [0.15, 0.2) is 22.7 Å². The second kappa shape index (κ2) is 4.44. The summed E-state index contributed by atoms with van der Waals surface area (Å²) in [5.41, 5.74) is 0.213. The van der Waals surface area contributed by atoms with E-state index in [9.17, 15) is 9.18 Å². The molecule has 0 aliphatic heterocycles. The van der Waals surface area contributed by atoms with Crippen molar-refractivity contribution in [3.63, 3.8) is 0 Å². The van der Waals surface area contributed by atoms with Crippen molar-refractivity contribution in [2.24, 2.45) is 5.92 Å². The lowest BCUT2D eigenvalue weighted by atomic mass is 10.0. The molecule has 0 amide bonds. The topological polar surface area (TPSA) is 17.1 Å². The van der Waals surface area contributed by atoms with Crippen molar-refractivity contribution in [3.05, 3.63) is 34.1 Å². The van der Waals surface area contributed by atoms with Gasteiger partial charge in [0.15, 0.2) is 5.78 Å². The maximum Gasteiger partial charge on any atom is 0.165 e. The molecular weight excluding hydrogens is 259 g/mol. The first-order chi connectivity index (χ1) is 7.18. The molecule has 0 atom stereocenters. The lowest BCUT2D eigenvalue weighted by Crippen LogP contribution is -2.03. The highest BCUT2D eigenvalue weighted by Crippen LogP contribution is 2.34. The fraction of sp³-hybridized carbons (Fsp3) is 0.417. The number of hydrogen-bond acceptors (Lipinski definition) is 1. The van der Waals surface area contributed by atoms with Crippen LogP contribution >= 0.6 is 15.9 Å². The predicted octanol–water partition coefficient (Wildman–Crippen LogP) is 3.96. The van der Waals surface area contributed by atoms with Gasteiger partial charge >= 0.3 is 0 Å². The molecule has 1 aliphatic rings. The first-order valence-corrected chi connectivity index (χ1v) is 5.95. The van der Waals surface area contributed by atoms with Crippen LogP contribution in [-0.2, 0) is 0 Å². The van der Waals surface area contributed by atoms with Crippen LogP contribution in [0, 0.1) is 11.7 Å². The third-order valence-electron chi connectivity index (χ3n) is 2.73. The van der Waals surface area contributed by atoms with Gasteiger partial charge in [0, 0.05) is 6.42 Å². The Hall–Kier alpha value is -0.700. The number of halogens is 2. The van der Waals surface area contributed by atoms with Crippen molar-refractivity contribution in [2.45, 2.75) is 25.7 Å². The molecular formula is C12H12BrFO. The predicted molar refractivity (Wildman–Crippen MR) is 60.4 cm³/mol. The molecule has 1 fully saturated rings. The van der Waals surface area contributed by atoms with Gasteiger partial charge in [-0.15, -0.1) is 0 Å². The SMILES string of the molecule is O=C(CCC1CC1)c1cccc(Br)c1F. The maximum absolute atomic E-state index is 13.5. The summed E-state index contributed by atoms with van der Waals surface area (Å²) in [6.45, 7) is 0. The Morgan fingerprint density at radius 3 is 2.87 bits per heavy atom. The standard InChI is InChI=1S/C12H12BrFO/c13-10-3-1-2-9(12(10)14)11(15)7-6-8-4-5-8/h1-3,8H,4-7H2. The molecule has 1 saturated carbocycles. The Kier molecular flexibility index (Phi) is 3.19. The molecule has 15 heavy (non-hydrogen) atoms. The molecule has 1 aromatic carbocycles. The Bertz CT molecular complexity index is 385. The molecule has 80 valence electrons. The van der Waals surface area contributed by atoms with Crippen molar-refractivity contribution < 1.29 is 9.18 Å². The van der Waals surface area contributed by atoms with Gasteiger partial charge < -0.3 is 0 Å². The number of rotatable bonds is 4. The molecule has 2 rings (SSSR count). The van der Waals surface area contributed by atoms with Crippen LogP contribution in [0.3, 0.4) is 0 Å². The van der Waals surface area contributed by atoms with Gasteiger partial charge in [-0.1, -0.05) is 18.9 Å². The van der Waals surface area contributed by atoms with Crippen molar-refractivity contribution >= 4 is 21.7 Å². The second-order valence-corrected chi connectivity index (χ2v) is 4.86. The summed E-state index contributed by atoms with van der Waals surface area (Å²) in [4.78, 5) is 11.7. The summed E-state index contributed by atoms with van der Waals surface area (Å²) >= 11 is 3.08. The van der Waals surface area contributed by atoms with E-state index < -0.39 is 5.82 Å². The second-order valence-electron chi connectivity index (χ2n) is 4.01. The lowest BCUT2D eigenvalue weighted by Gasteiger charge is -2.03. The highest BCUT2D eigenvalue weighted by atomic mass is 79.9. The molecule has 0 saturated heterocycles. The van der Waals surface area contributed by atoms with Gasteiger partial charge in [-0.3, -0.25) is 4.79 Å². The molecule has 0 N–H and O–H groups in total. The third kappa shape index (κ3) is 2.65. The normalized spacial score (nSPS) is 15.3. The molecule has 1 aromatic rings. The average molecular weight is 271 g/mol. The summed E-state index contributed by atoms with van der Waals surface area (Å²) in [5, 5.41) is 0. The minimum Gasteiger partial charge on any atom is -0.294 e. The zero-order valence-corrected chi connectivity index (χ0v) is 9.89. The Morgan fingerprint density at radius 2 is 2.20 bits per heavy atom. The van der Waals surface area contributed by atoms with Gasteiger partial charge in [0.1, 0.15) is 5.82 Å². The molecule has 0 heterocycles. The number of carbonyl (C=O) groups excluding carboxylic acids is 1. The molecule has 0 spiro atoms. The lowest BCUT2D eigenvalue weighted by molar-refractivity contribution is 0.0974. The monoisotopic (exact) mass is 270 g/mol. The largest absolute Gasteiger partial charge is 0.294 e. The van der Waals surface area contributed by atoms with Crippen molar-refractivity contribution in [1.29, 1.82) is 0 Å². The van der Waals surface area contributed by atoms with Gasteiger partial charge in [-0.05, 0) is 40.4 Å². The van der Waals surface area contributed by atoms with E-state index in [1.54, 1.807) is 18.2 Å². The van der Waals surface area contributed by atoms with Gasteiger partial charge in [0.05, 0.1) is 10.0 Å². The van der Waals surface area contributed by atoms with Gasteiger partial charge in [0.2, 0.25) is 0 Å². The summed E-state index contributed by atoms with van der Waals surface area (Å²) < 4.78 is 13.9. The van der Waals surface area contributed by atoms with Crippen LogP contribution in [-0.4, -0.2) is 5.78 Å².